The maximum absolute atomic E-state index is 11.9. The van der Waals surface area contributed by atoms with Crippen molar-refractivity contribution in [2.24, 2.45) is 5.92 Å². The van der Waals surface area contributed by atoms with Gasteiger partial charge in [-0.25, -0.2) is 0 Å². The van der Waals surface area contributed by atoms with Gasteiger partial charge < -0.3 is 28.4 Å². The van der Waals surface area contributed by atoms with E-state index in [1.807, 2.05) is 6.92 Å². The van der Waals surface area contributed by atoms with E-state index >= 15 is 0 Å². The van der Waals surface area contributed by atoms with E-state index in [9.17, 15) is 19.2 Å². The molecule has 0 N–H and O–H groups in total. The van der Waals surface area contributed by atoms with Crippen LogP contribution in [0.3, 0.4) is 0 Å². The number of rotatable bonds is 9. The van der Waals surface area contributed by atoms with Gasteiger partial charge in [0.2, 0.25) is 0 Å². The molecule has 0 spiro atoms. The first-order valence-electron chi connectivity index (χ1n) is 11.2. The summed E-state index contributed by atoms with van der Waals surface area (Å²) in [4.78, 5) is 46.9. The second-order valence-electron chi connectivity index (χ2n) is 8.56. The summed E-state index contributed by atoms with van der Waals surface area (Å²) in [6.07, 6.45) is -1.14. The van der Waals surface area contributed by atoms with Crippen LogP contribution in [0.1, 0.15) is 53.9 Å². The van der Waals surface area contributed by atoms with Crippen LogP contribution in [0.15, 0.2) is 23.8 Å². The van der Waals surface area contributed by atoms with E-state index in [4.69, 9.17) is 28.4 Å². The molecule has 6 atom stereocenters. The van der Waals surface area contributed by atoms with Crippen LogP contribution in [0.2, 0.25) is 0 Å². The predicted octanol–water partition coefficient (Wildman–Crippen LogP) is 2.39. The Morgan fingerprint density at radius 3 is 2.00 bits per heavy atom. The van der Waals surface area contributed by atoms with Gasteiger partial charge in [0.25, 0.3) is 0 Å². The Morgan fingerprint density at radius 1 is 0.912 bits per heavy atom. The minimum Gasteiger partial charge on any atom is -0.463 e. The minimum absolute atomic E-state index is 0.191. The summed E-state index contributed by atoms with van der Waals surface area (Å²) in [6, 6.07) is 0. The average Bonchev–Trinajstić information content (AvgIpc) is 2.73. The Hall–Kier alpha value is -2.72. The standard InChI is InChI=1S/C24H34O10/c1-13(2)19-9-7-18(8-10-19)11-30-24-23(33-17(6)28)22(32-16(5)27)21(31-15(4)26)20(34-24)12-29-14(3)25/h7,19-24H,1,8-12H2,2-6H3/t19-,20-,21-,22+,23-,24+/m1/s1. The van der Waals surface area contributed by atoms with Crippen molar-refractivity contribution in [2.45, 2.75) is 84.6 Å². The van der Waals surface area contributed by atoms with E-state index < -0.39 is 54.6 Å². The van der Waals surface area contributed by atoms with E-state index in [2.05, 4.69) is 12.7 Å². The molecule has 2 rings (SSSR count). The number of hydrogen-bond acceptors (Lipinski definition) is 10. The number of carbonyl (C=O) groups excluding carboxylic acids is 4. The lowest BCUT2D eigenvalue weighted by Gasteiger charge is -2.44. The van der Waals surface area contributed by atoms with Crippen molar-refractivity contribution in [3.8, 4) is 0 Å². The van der Waals surface area contributed by atoms with Crippen LogP contribution in [0.25, 0.3) is 0 Å². The molecule has 0 bridgehead atoms. The molecule has 0 radical (unpaired) electrons. The number of hydrogen-bond donors (Lipinski definition) is 0. The predicted molar refractivity (Wildman–Crippen MR) is 118 cm³/mol. The molecule has 0 aromatic heterocycles. The third-order valence-electron chi connectivity index (χ3n) is 5.58. The van der Waals surface area contributed by atoms with E-state index in [0.717, 1.165) is 30.4 Å². The highest BCUT2D eigenvalue weighted by Gasteiger charge is 2.52. The van der Waals surface area contributed by atoms with Crippen molar-refractivity contribution < 1.29 is 47.6 Å². The van der Waals surface area contributed by atoms with E-state index in [0.29, 0.717) is 5.92 Å². The van der Waals surface area contributed by atoms with Gasteiger partial charge in [-0.1, -0.05) is 18.2 Å². The van der Waals surface area contributed by atoms with Gasteiger partial charge in [0.15, 0.2) is 24.6 Å². The monoisotopic (exact) mass is 482 g/mol. The van der Waals surface area contributed by atoms with E-state index in [1.54, 1.807) is 0 Å². The number of ether oxygens (including phenoxy) is 6. The lowest BCUT2D eigenvalue weighted by atomic mass is 9.86. The third-order valence-corrected chi connectivity index (χ3v) is 5.58. The minimum atomic E-state index is -1.24. The molecule has 1 aliphatic carbocycles. The molecule has 0 amide bonds. The lowest BCUT2D eigenvalue weighted by Crippen LogP contribution is -2.63. The van der Waals surface area contributed by atoms with Gasteiger partial charge in [-0.3, -0.25) is 19.2 Å². The number of esters is 4. The maximum Gasteiger partial charge on any atom is 0.303 e. The largest absolute Gasteiger partial charge is 0.463 e. The first-order chi connectivity index (χ1) is 16.0. The highest BCUT2D eigenvalue weighted by molar-refractivity contribution is 5.68. The highest BCUT2D eigenvalue weighted by atomic mass is 16.7. The van der Waals surface area contributed by atoms with Crippen LogP contribution < -0.4 is 0 Å². The highest BCUT2D eigenvalue weighted by Crippen LogP contribution is 2.32. The zero-order chi connectivity index (χ0) is 25.4. The van der Waals surface area contributed by atoms with Gasteiger partial charge >= 0.3 is 23.9 Å². The van der Waals surface area contributed by atoms with Crippen LogP contribution >= 0.6 is 0 Å². The molecular weight excluding hydrogens is 448 g/mol. The Bertz CT molecular complexity index is 817. The fourth-order valence-electron chi connectivity index (χ4n) is 3.98. The topological polar surface area (TPSA) is 124 Å². The van der Waals surface area contributed by atoms with Gasteiger partial charge in [0.1, 0.15) is 12.7 Å². The molecule has 1 heterocycles. The Balaban J connectivity index is 2.28. The number of carbonyl (C=O) groups is 4. The normalized spacial score (nSPS) is 28.8. The van der Waals surface area contributed by atoms with Crippen molar-refractivity contribution >= 4 is 23.9 Å². The summed E-state index contributed by atoms with van der Waals surface area (Å²) >= 11 is 0. The Labute approximate surface area is 199 Å². The third kappa shape index (κ3) is 8.25. The second kappa shape index (κ2) is 12.7. The molecule has 190 valence electrons. The van der Waals surface area contributed by atoms with Gasteiger partial charge in [0.05, 0.1) is 6.61 Å². The van der Waals surface area contributed by atoms with Crippen molar-refractivity contribution in [1.29, 1.82) is 0 Å². The molecule has 2 aliphatic rings. The average molecular weight is 483 g/mol. The summed E-state index contributed by atoms with van der Waals surface area (Å²) in [7, 11) is 0. The summed E-state index contributed by atoms with van der Waals surface area (Å²) in [5.41, 5.74) is 2.18. The first-order valence-corrected chi connectivity index (χ1v) is 11.2. The smallest absolute Gasteiger partial charge is 0.303 e. The van der Waals surface area contributed by atoms with Gasteiger partial charge in [-0.2, -0.15) is 0 Å². The van der Waals surface area contributed by atoms with E-state index in [1.165, 1.54) is 27.7 Å². The molecular formula is C24H34O10. The zero-order valence-corrected chi connectivity index (χ0v) is 20.4. The molecule has 0 aromatic rings. The van der Waals surface area contributed by atoms with Crippen LogP contribution in [0, 0.1) is 5.92 Å². The van der Waals surface area contributed by atoms with Crippen molar-refractivity contribution in [2.75, 3.05) is 13.2 Å². The number of allylic oxidation sites excluding steroid dienone is 2. The maximum atomic E-state index is 11.9. The molecule has 1 saturated heterocycles. The summed E-state index contributed by atoms with van der Waals surface area (Å²) in [6.45, 7) is 10.7. The molecule has 1 fully saturated rings. The van der Waals surface area contributed by atoms with Crippen molar-refractivity contribution in [3.05, 3.63) is 23.8 Å². The van der Waals surface area contributed by atoms with Crippen LogP contribution in [0.5, 0.6) is 0 Å². The summed E-state index contributed by atoms with van der Waals surface area (Å²) in [5.74, 6) is -2.19. The summed E-state index contributed by atoms with van der Waals surface area (Å²) in [5, 5.41) is 0. The molecule has 0 aromatic carbocycles. The van der Waals surface area contributed by atoms with Crippen molar-refractivity contribution in [1.82, 2.24) is 0 Å². The molecule has 0 unspecified atom stereocenters. The van der Waals surface area contributed by atoms with Crippen molar-refractivity contribution in [3.63, 3.8) is 0 Å². The Kier molecular flexibility index (Phi) is 10.2. The molecule has 10 heteroatoms. The zero-order valence-electron chi connectivity index (χ0n) is 20.4. The fraction of sp³-hybridized carbons (Fsp3) is 0.667. The Morgan fingerprint density at radius 2 is 1.50 bits per heavy atom. The van der Waals surface area contributed by atoms with Gasteiger partial charge in [-0.15, -0.1) is 0 Å². The first kappa shape index (κ1) is 27.5. The quantitative estimate of drug-likeness (QED) is 0.275. The summed E-state index contributed by atoms with van der Waals surface area (Å²) < 4.78 is 33.1. The fourth-order valence-corrected chi connectivity index (χ4v) is 3.98. The van der Waals surface area contributed by atoms with Crippen LogP contribution in [-0.2, 0) is 47.6 Å². The van der Waals surface area contributed by atoms with E-state index in [-0.39, 0.29) is 13.2 Å². The lowest BCUT2D eigenvalue weighted by molar-refractivity contribution is -0.306. The molecule has 34 heavy (non-hydrogen) atoms. The van der Waals surface area contributed by atoms with Crippen LogP contribution in [-0.4, -0.2) is 67.8 Å². The van der Waals surface area contributed by atoms with Gasteiger partial charge in [0, 0.05) is 27.7 Å². The SMILES string of the molecule is C=C(C)[C@@H]1CC=C(CO[C@H]2O[C@H](COC(C)=O)[C@@H](OC(C)=O)[C@H](OC(C)=O)[C@H]2OC(C)=O)CC1. The molecule has 0 saturated carbocycles. The second-order valence-corrected chi connectivity index (χ2v) is 8.56. The van der Waals surface area contributed by atoms with Crippen LogP contribution in [0.4, 0.5) is 0 Å². The molecule has 1 aliphatic heterocycles. The molecule has 10 nitrogen and oxygen atoms in total. The van der Waals surface area contributed by atoms with Gasteiger partial charge in [-0.05, 0) is 37.7 Å².